The monoisotopic (exact) mass is 677 g/mol. The third-order valence-electron chi connectivity index (χ3n) is 8.19. The highest BCUT2D eigenvalue weighted by Crippen LogP contribution is 2.25. The molecule has 50 heavy (non-hydrogen) atoms. The van der Waals surface area contributed by atoms with Crippen LogP contribution in [-0.4, -0.2) is 60.0 Å². The first-order chi connectivity index (χ1) is 23.9. The van der Waals surface area contributed by atoms with E-state index in [9.17, 15) is 28.8 Å². The third-order valence-corrected chi connectivity index (χ3v) is 8.19. The quantitative estimate of drug-likeness (QED) is 0.114. The first-order valence-electron chi connectivity index (χ1n) is 16.5. The Morgan fingerprint density at radius 2 is 1.22 bits per heavy atom. The molecule has 3 atom stereocenters. The molecule has 0 saturated heterocycles. The molecule has 6 N–H and O–H groups in total. The number of primary amides is 1. The van der Waals surface area contributed by atoms with Crippen molar-refractivity contribution in [2.45, 2.75) is 57.7 Å². The predicted molar refractivity (Wildman–Crippen MR) is 191 cm³/mol. The van der Waals surface area contributed by atoms with Crippen molar-refractivity contribution in [3.8, 4) is 0 Å². The normalized spacial score (nSPS) is 12.8. The minimum absolute atomic E-state index is 0.0104. The first-order valence-corrected chi connectivity index (χ1v) is 16.5. The van der Waals surface area contributed by atoms with E-state index in [4.69, 9.17) is 5.73 Å². The van der Waals surface area contributed by atoms with E-state index in [-0.39, 0.29) is 24.7 Å². The van der Waals surface area contributed by atoms with Gasteiger partial charge in [0.15, 0.2) is 0 Å². The van der Waals surface area contributed by atoms with Crippen LogP contribution in [0.3, 0.4) is 0 Å². The van der Waals surface area contributed by atoms with Gasteiger partial charge in [0, 0.05) is 6.42 Å². The summed E-state index contributed by atoms with van der Waals surface area (Å²) >= 11 is 0. The number of carbonyl (C=O) groups is 6. The number of hydrogen-bond donors (Lipinski definition) is 5. The van der Waals surface area contributed by atoms with Crippen molar-refractivity contribution in [1.82, 2.24) is 21.3 Å². The van der Waals surface area contributed by atoms with Gasteiger partial charge in [0.2, 0.25) is 29.4 Å². The lowest BCUT2D eigenvalue weighted by Crippen LogP contribution is -2.54. The van der Waals surface area contributed by atoms with Crippen LogP contribution in [0, 0.1) is 5.92 Å². The Labute approximate surface area is 291 Å². The summed E-state index contributed by atoms with van der Waals surface area (Å²) in [5.74, 6) is -5.26. The van der Waals surface area contributed by atoms with Crippen LogP contribution in [0.1, 0.15) is 49.8 Å². The lowest BCUT2D eigenvalue weighted by atomic mass is 9.90. The maximum absolute atomic E-state index is 13.7. The van der Waals surface area contributed by atoms with Crippen molar-refractivity contribution in [1.29, 1.82) is 0 Å². The van der Waals surface area contributed by atoms with Crippen LogP contribution in [0.5, 0.6) is 0 Å². The second-order valence-electron chi connectivity index (χ2n) is 12.6. The average molecular weight is 678 g/mol. The van der Waals surface area contributed by atoms with E-state index in [0.29, 0.717) is 0 Å². The minimum Gasteiger partial charge on any atom is -0.368 e. The summed E-state index contributed by atoms with van der Waals surface area (Å²) in [6.07, 6.45) is 0.411. The molecular weight excluding hydrogens is 634 g/mol. The number of rotatable bonds is 16. The van der Waals surface area contributed by atoms with Gasteiger partial charge in [-0.05, 0) is 46.7 Å². The van der Waals surface area contributed by atoms with Crippen LogP contribution >= 0.6 is 0 Å². The predicted octanol–water partition coefficient (Wildman–Crippen LogP) is 2.91. The Balaban J connectivity index is 1.33. The van der Waals surface area contributed by atoms with Crippen molar-refractivity contribution < 1.29 is 28.8 Å². The number of amides is 5. The number of nitrogens with one attached hydrogen (secondary N) is 4. The van der Waals surface area contributed by atoms with Crippen molar-refractivity contribution >= 4 is 46.1 Å². The van der Waals surface area contributed by atoms with Gasteiger partial charge in [-0.2, -0.15) is 0 Å². The van der Waals surface area contributed by atoms with Crippen molar-refractivity contribution in [3.63, 3.8) is 0 Å². The average Bonchev–Trinajstić information content (AvgIpc) is 3.10. The molecule has 0 aromatic heterocycles. The number of Topliss-reactive ketones (excluding diaryl/α,β-unsaturated/α-hetero) is 1. The molecule has 4 aromatic carbocycles. The number of ketones is 1. The molecule has 4 rings (SSSR count). The van der Waals surface area contributed by atoms with E-state index in [1.165, 1.54) is 6.92 Å². The van der Waals surface area contributed by atoms with E-state index in [2.05, 4.69) is 21.3 Å². The molecule has 260 valence electrons. The second-order valence-corrected chi connectivity index (χ2v) is 12.6. The molecule has 0 aliphatic heterocycles. The Morgan fingerprint density at radius 1 is 0.640 bits per heavy atom. The molecule has 0 radical (unpaired) electrons. The van der Waals surface area contributed by atoms with Gasteiger partial charge >= 0.3 is 0 Å². The van der Waals surface area contributed by atoms with Crippen molar-refractivity contribution in [2.75, 3.05) is 6.54 Å². The fraction of sp³-hybridized carbons (Fsp3) is 0.282. The van der Waals surface area contributed by atoms with Crippen molar-refractivity contribution in [3.05, 3.63) is 120 Å². The molecule has 0 bridgehead atoms. The molecule has 11 heteroatoms. The second kappa shape index (κ2) is 17.5. The molecule has 0 fully saturated rings. The third kappa shape index (κ3) is 10.3. The number of nitrogens with two attached hydrogens (primary N) is 1. The van der Waals surface area contributed by atoms with Crippen LogP contribution in [0.25, 0.3) is 10.8 Å². The lowest BCUT2D eigenvalue weighted by molar-refractivity contribution is -0.140. The maximum atomic E-state index is 13.7. The van der Waals surface area contributed by atoms with Gasteiger partial charge in [-0.25, -0.2) is 0 Å². The van der Waals surface area contributed by atoms with Gasteiger partial charge in [-0.3, -0.25) is 28.8 Å². The van der Waals surface area contributed by atoms with E-state index in [0.717, 1.165) is 27.5 Å². The van der Waals surface area contributed by atoms with Gasteiger partial charge in [0.05, 0.1) is 18.5 Å². The molecule has 3 unspecified atom stereocenters. The maximum Gasteiger partial charge on any atom is 0.290 e. The Hall–Kier alpha value is -5.84. The van der Waals surface area contributed by atoms with Gasteiger partial charge in [-0.15, -0.1) is 0 Å². The Morgan fingerprint density at radius 3 is 1.80 bits per heavy atom. The first kappa shape index (κ1) is 37.0. The van der Waals surface area contributed by atoms with Gasteiger partial charge in [0.25, 0.3) is 5.91 Å². The number of carbonyl (C=O) groups excluding carboxylic acids is 6. The van der Waals surface area contributed by atoms with Gasteiger partial charge in [0.1, 0.15) is 12.1 Å². The van der Waals surface area contributed by atoms with Crippen LogP contribution in [0.15, 0.2) is 103 Å². The highest BCUT2D eigenvalue weighted by Gasteiger charge is 2.31. The zero-order valence-corrected chi connectivity index (χ0v) is 28.3. The number of fused-ring (bicyclic) bond motifs is 1. The zero-order valence-electron chi connectivity index (χ0n) is 28.3. The van der Waals surface area contributed by atoms with E-state index in [1.807, 2.05) is 117 Å². The molecule has 0 aliphatic carbocycles. The molecule has 0 saturated carbocycles. The summed E-state index contributed by atoms with van der Waals surface area (Å²) in [5.41, 5.74) is 7.81. The standard InChI is InChI=1S/C39H43N5O6/c1-24(2)20-32(44-38(49)34(28-13-6-4-7-14-28)29-15-8-5-9-16-29)37(48)42-25(3)35(46)39(50)41-23-33(45)43-31(36(40)47)22-26-18-19-27-12-10-11-17-30(27)21-26/h4-19,21,24-25,31-32,34H,20,22-23H2,1-3H3,(H2,40,47)(H,41,50)(H,42,48)(H,43,45)(H,44,49). The SMILES string of the molecule is CC(C)CC(NC(=O)C(c1ccccc1)c1ccccc1)C(=O)NC(C)C(=O)C(=O)NCC(=O)NC(Cc1ccc2ccccc2c1)C(N)=O. The summed E-state index contributed by atoms with van der Waals surface area (Å²) in [5, 5.41) is 12.1. The molecule has 0 aliphatic rings. The topological polar surface area (TPSA) is 177 Å². The fourth-order valence-corrected chi connectivity index (χ4v) is 5.64. The van der Waals surface area contributed by atoms with Gasteiger partial charge < -0.3 is 27.0 Å². The van der Waals surface area contributed by atoms with Gasteiger partial charge in [-0.1, -0.05) is 117 Å². The zero-order chi connectivity index (χ0) is 36.2. The summed E-state index contributed by atoms with van der Waals surface area (Å²) in [4.78, 5) is 77.4. The fourth-order valence-electron chi connectivity index (χ4n) is 5.64. The molecule has 11 nitrogen and oxygen atoms in total. The molecular formula is C39H43N5O6. The highest BCUT2D eigenvalue weighted by atomic mass is 16.2. The summed E-state index contributed by atoms with van der Waals surface area (Å²) in [7, 11) is 0. The molecule has 5 amide bonds. The summed E-state index contributed by atoms with van der Waals surface area (Å²) in [6.45, 7) is 4.54. The Kier molecular flexibility index (Phi) is 13.0. The van der Waals surface area contributed by atoms with Crippen molar-refractivity contribution in [2.24, 2.45) is 11.7 Å². The minimum atomic E-state index is -1.26. The van der Waals surface area contributed by atoms with E-state index in [1.54, 1.807) is 0 Å². The summed E-state index contributed by atoms with van der Waals surface area (Å²) in [6, 6.07) is 28.4. The largest absolute Gasteiger partial charge is 0.368 e. The van der Waals surface area contributed by atoms with Crippen LogP contribution in [0.4, 0.5) is 0 Å². The van der Waals surface area contributed by atoms with E-state index >= 15 is 0 Å². The number of benzene rings is 4. The lowest BCUT2D eigenvalue weighted by Gasteiger charge is -2.25. The highest BCUT2D eigenvalue weighted by molar-refractivity contribution is 6.38. The van der Waals surface area contributed by atoms with Crippen LogP contribution in [-0.2, 0) is 35.2 Å². The Bertz CT molecular complexity index is 1790. The summed E-state index contributed by atoms with van der Waals surface area (Å²) < 4.78 is 0. The van der Waals surface area contributed by atoms with Crippen LogP contribution < -0.4 is 27.0 Å². The smallest absolute Gasteiger partial charge is 0.290 e. The number of hydrogen-bond acceptors (Lipinski definition) is 6. The molecule has 0 heterocycles. The molecule has 4 aromatic rings. The van der Waals surface area contributed by atoms with Crippen LogP contribution in [0.2, 0.25) is 0 Å². The van der Waals surface area contributed by atoms with E-state index < -0.39 is 60.0 Å². The molecule has 0 spiro atoms.